The molecule has 0 unspecified atom stereocenters. The molecule has 1 aliphatic heterocycles. The van der Waals surface area contributed by atoms with E-state index in [1.54, 1.807) is 6.07 Å². The van der Waals surface area contributed by atoms with Crippen LogP contribution in [0.15, 0.2) is 18.2 Å². The Hall–Kier alpha value is -1.59. The maximum Gasteiger partial charge on any atom is 0.257 e. The zero-order valence-electron chi connectivity index (χ0n) is 13.2. The maximum absolute atomic E-state index is 12.5. The van der Waals surface area contributed by atoms with E-state index < -0.39 is 0 Å². The summed E-state index contributed by atoms with van der Waals surface area (Å²) in [6.45, 7) is 7.11. The smallest absolute Gasteiger partial charge is 0.257 e. The SMILES string of the molecule is Cc1cccc(C(=O)N2CCN(CCN(C)C)CC2)c1O. The lowest BCUT2D eigenvalue weighted by Crippen LogP contribution is -2.50. The second kappa shape index (κ2) is 6.91. The number of nitrogens with zero attached hydrogens (tertiary/aromatic N) is 3. The van der Waals surface area contributed by atoms with E-state index in [1.165, 1.54) is 0 Å². The van der Waals surface area contributed by atoms with Gasteiger partial charge in [0, 0.05) is 39.3 Å². The highest BCUT2D eigenvalue weighted by Crippen LogP contribution is 2.23. The van der Waals surface area contributed by atoms with Gasteiger partial charge in [-0.15, -0.1) is 0 Å². The first-order chi connectivity index (χ1) is 9.99. The number of hydrogen-bond acceptors (Lipinski definition) is 4. The predicted octanol–water partition coefficient (Wildman–Crippen LogP) is 1.02. The molecule has 1 aromatic rings. The van der Waals surface area contributed by atoms with Gasteiger partial charge in [0.1, 0.15) is 5.75 Å². The van der Waals surface area contributed by atoms with Gasteiger partial charge in [-0.25, -0.2) is 0 Å². The fraction of sp³-hybridized carbons (Fsp3) is 0.562. The summed E-state index contributed by atoms with van der Waals surface area (Å²) in [5.41, 5.74) is 1.15. The van der Waals surface area contributed by atoms with E-state index in [1.807, 2.05) is 24.0 Å². The fourth-order valence-corrected chi connectivity index (χ4v) is 2.52. The molecule has 21 heavy (non-hydrogen) atoms. The lowest BCUT2D eigenvalue weighted by molar-refractivity contribution is 0.0626. The van der Waals surface area contributed by atoms with Crippen LogP contribution in [0.2, 0.25) is 0 Å². The number of amides is 1. The Labute approximate surface area is 126 Å². The Morgan fingerprint density at radius 2 is 1.90 bits per heavy atom. The number of carbonyl (C=O) groups is 1. The molecule has 1 N–H and O–H groups in total. The van der Waals surface area contributed by atoms with Crippen LogP contribution in [0.5, 0.6) is 5.75 Å². The summed E-state index contributed by atoms with van der Waals surface area (Å²) in [7, 11) is 4.14. The minimum atomic E-state index is -0.0662. The van der Waals surface area contributed by atoms with E-state index in [2.05, 4.69) is 23.9 Å². The van der Waals surface area contributed by atoms with Crippen LogP contribution in [0.4, 0.5) is 0 Å². The predicted molar refractivity (Wildman–Crippen MR) is 83.7 cm³/mol. The van der Waals surface area contributed by atoms with Crippen LogP contribution < -0.4 is 0 Å². The zero-order chi connectivity index (χ0) is 15.4. The first kappa shape index (κ1) is 15.8. The standard InChI is InChI=1S/C16H25N3O2/c1-13-5-4-6-14(15(13)20)16(21)19-11-9-18(10-12-19)8-7-17(2)3/h4-6,20H,7-12H2,1-3H3. The summed E-state index contributed by atoms with van der Waals surface area (Å²) in [5.74, 6) is 0.0426. The number of phenols is 1. The largest absolute Gasteiger partial charge is 0.507 e. The van der Waals surface area contributed by atoms with Gasteiger partial charge < -0.3 is 14.9 Å². The molecule has 1 aromatic carbocycles. The quantitative estimate of drug-likeness (QED) is 0.900. The number of aromatic hydroxyl groups is 1. The minimum Gasteiger partial charge on any atom is -0.507 e. The van der Waals surface area contributed by atoms with Crippen molar-refractivity contribution in [2.75, 3.05) is 53.4 Å². The molecule has 5 heteroatoms. The summed E-state index contributed by atoms with van der Waals surface area (Å²) in [5, 5.41) is 10.0. The lowest BCUT2D eigenvalue weighted by atomic mass is 10.1. The number of piperazine rings is 1. The van der Waals surface area contributed by atoms with E-state index in [0.29, 0.717) is 5.56 Å². The molecule has 2 rings (SSSR count). The second-order valence-corrected chi connectivity index (χ2v) is 5.91. The van der Waals surface area contributed by atoms with Crippen molar-refractivity contribution in [3.63, 3.8) is 0 Å². The number of rotatable bonds is 4. The van der Waals surface area contributed by atoms with Gasteiger partial charge >= 0.3 is 0 Å². The van der Waals surface area contributed by atoms with Crippen molar-refractivity contribution in [1.29, 1.82) is 0 Å². The van der Waals surface area contributed by atoms with Gasteiger partial charge in [-0.2, -0.15) is 0 Å². The molecule has 1 saturated heterocycles. The molecule has 1 aliphatic rings. The van der Waals surface area contributed by atoms with Crippen LogP contribution >= 0.6 is 0 Å². The van der Waals surface area contributed by atoms with Crippen molar-refractivity contribution in [3.8, 4) is 5.75 Å². The molecule has 1 fully saturated rings. The summed E-state index contributed by atoms with van der Waals surface area (Å²) >= 11 is 0. The number of hydrogen-bond donors (Lipinski definition) is 1. The number of aryl methyl sites for hydroxylation is 1. The van der Waals surface area contributed by atoms with Crippen LogP contribution in [0.25, 0.3) is 0 Å². The van der Waals surface area contributed by atoms with E-state index >= 15 is 0 Å². The van der Waals surface area contributed by atoms with E-state index in [9.17, 15) is 9.90 Å². The molecule has 1 amide bonds. The molecule has 0 atom stereocenters. The van der Waals surface area contributed by atoms with E-state index in [4.69, 9.17) is 0 Å². The molecule has 0 aromatic heterocycles. The fourth-order valence-electron chi connectivity index (χ4n) is 2.52. The van der Waals surface area contributed by atoms with Crippen LogP contribution in [-0.4, -0.2) is 79.1 Å². The normalized spacial score (nSPS) is 16.5. The highest BCUT2D eigenvalue weighted by atomic mass is 16.3. The summed E-state index contributed by atoms with van der Waals surface area (Å²) < 4.78 is 0. The number of likely N-dealkylation sites (N-methyl/N-ethyl adjacent to an activating group) is 1. The Kier molecular flexibility index (Phi) is 5.20. The van der Waals surface area contributed by atoms with Crippen molar-refractivity contribution >= 4 is 5.91 Å². The number of phenolic OH excluding ortho intramolecular Hbond substituents is 1. The molecule has 0 radical (unpaired) electrons. The Bertz CT molecular complexity index is 494. The third kappa shape index (κ3) is 3.95. The molecule has 1 heterocycles. The molecule has 5 nitrogen and oxygen atoms in total. The Balaban J connectivity index is 1.93. The van der Waals surface area contributed by atoms with E-state index in [-0.39, 0.29) is 11.7 Å². The first-order valence-corrected chi connectivity index (χ1v) is 7.44. The van der Waals surface area contributed by atoms with Crippen molar-refractivity contribution < 1.29 is 9.90 Å². The molecule has 116 valence electrons. The average molecular weight is 291 g/mol. The molecule has 0 bridgehead atoms. The number of benzene rings is 1. The summed E-state index contributed by atoms with van der Waals surface area (Å²) in [4.78, 5) is 18.9. The van der Waals surface area contributed by atoms with Crippen molar-refractivity contribution in [2.24, 2.45) is 0 Å². The van der Waals surface area contributed by atoms with Crippen LogP contribution in [0.1, 0.15) is 15.9 Å². The highest BCUT2D eigenvalue weighted by molar-refractivity contribution is 5.97. The zero-order valence-corrected chi connectivity index (χ0v) is 13.2. The Morgan fingerprint density at radius 3 is 2.52 bits per heavy atom. The van der Waals surface area contributed by atoms with Gasteiger partial charge in [0.25, 0.3) is 5.91 Å². The second-order valence-electron chi connectivity index (χ2n) is 5.91. The minimum absolute atomic E-state index is 0.0662. The number of carbonyl (C=O) groups excluding carboxylic acids is 1. The molecule has 0 spiro atoms. The molecule has 0 aliphatic carbocycles. The highest BCUT2D eigenvalue weighted by Gasteiger charge is 2.24. The summed E-state index contributed by atoms with van der Waals surface area (Å²) in [6, 6.07) is 5.32. The molecule has 0 saturated carbocycles. The van der Waals surface area contributed by atoms with E-state index in [0.717, 1.165) is 44.8 Å². The van der Waals surface area contributed by atoms with Crippen LogP contribution in [-0.2, 0) is 0 Å². The van der Waals surface area contributed by atoms with Crippen molar-refractivity contribution in [1.82, 2.24) is 14.7 Å². The average Bonchev–Trinajstić information content (AvgIpc) is 2.48. The third-order valence-electron chi connectivity index (χ3n) is 3.99. The van der Waals surface area contributed by atoms with Gasteiger partial charge in [-0.1, -0.05) is 12.1 Å². The van der Waals surface area contributed by atoms with Gasteiger partial charge in [-0.05, 0) is 32.6 Å². The third-order valence-corrected chi connectivity index (χ3v) is 3.99. The van der Waals surface area contributed by atoms with Crippen LogP contribution in [0.3, 0.4) is 0 Å². The lowest BCUT2D eigenvalue weighted by Gasteiger charge is -2.35. The van der Waals surface area contributed by atoms with Crippen LogP contribution in [0, 0.1) is 6.92 Å². The first-order valence-electron chi connectivity index (χ1n) is 7.44. The number of para-hydroxylation sites is 1. The molecular weight excluding hydrogens is 266 g/mol. The Morgan fingerprint density at radius 1 is 1.24 bits per heavy atom. The van der Waals surface area contributed by atoms with Gasteiger partial charge in [-0.3, -0.25) is 9.69 Å². The van der Waals surface area contributed by atoms with Crippen molar-refractivity contribution in [3.05, 3.63) is 29.3 Å². The monoisotopic (exact) mass is 291 g/mol. The van der Waals surface area contributed by atoms with Gasteiger partial charge in [0.05, 0.1) is 5.56 Å². The maximum atomic E-state index is 12.5. The topological polar surface area (TPSA) is 47.0 Å². The van der Waals surface area contributed by atoms with Crippen molar-refractivity contribution in [2.45, 2.75) is 6.92 Å². The summed E-state index contributed by atoms with van der Waals surface area (Å²) in [6.07, 6.45) is 0. The molecular formula is C16H25N3O2. The van der Waals surface area contributed by atoms with Gasteiger partial charge in [0.15, 0.2) is 0 Å². The van der Waals surface area contributed by atoms with Gasteiger partial charge in [0.2, 0.25) is 0 Å².